The van der Waals surface area contributed by atoms with Crippen LogP contribution in [0.25, 0.3) is 0 Å². The lowest BCUT2D eigenvalue weighted by molar-refractivity contribution is -0.147. The first-order valence-electron chi connectivity index (χ1n) is 6.32. The third-order valence-corrected chi connectivity index (χ3v) is 3.86. The molecule has 0 bridgehead atoms. The van der Waals surface area contributed by atoms with Crippen LogP contribution in [0.3, 0.4) is 0 Å². The van der Waals surface area contributed by atoms with Crippen molar-refractivity contribution in [3.05, 3.63) is 12.2 Å². The highest BCUT2D eigenvalue weighted by atomic mass is 16.5. The number of carboxylic acid groups (broad SMARTS) is 1. The van der Waals surface area contributed by atoms with Crippen molar-refractivity contribution in [3.8, 4) is 0 Å². The summed E-state index contributed by atoms with van der Waals surface area (Å²) in [7, 11) is 1.66. The van der Waals surface area contributed by atoms with E-state index in [1.165, 1.54) is 0 Å². The van der Waals surface area contributed by atoms with Gasteiger partial charge in [-0.1, -0.05) is 12.2 Å². The number of carbonyl (C=O) groups excluding carboxylic acids is 1. The average Bonchev–Trinajstić information content (AvgIpc) is 2.32. The van der Waals surface area contributed by atoms with Gasteiger partial charge in [0.15, 0.2) is 0 Å². The number of carbonyl (C=O) groups is 2. The number of amides is 1. The smallest absolute Gasteiger partial charge is 0.307 e. The molecule has 0 unspecified atom stereocenters. The standard InChI is InChI=1S/C13H19NO4/c1-18-9-6-8(7-9)14-12(15)10-4-2-3-5-11(10)13(16)17/h2-3,8-11H,4-7H2,1H3,(H,14,15)(H,16,17)/t8?,9?,10-,11+/m1/s1. The van der Waals surface area contributed by atoms with Gasteiger partial charge in [-0.3, -0.25) is 9.59 Å². The van der Waals surface area contributed by atoms with Crippen molar-refractivity contribution < 1.29 is 19.4 Å². The van der Waals surface area contributed by atoms with Crippen LogP contribution in [0, 0.1) is 11.8 Å². The summed E-state index contributed by atoms with van der Waals surface area (Å²) in [4.78, 5) is 23.2. The van der Waals surface area contributed by atoms with Gasteiger partial charge in [-0.05, 0) is 25.7 Å². The van der Waals surface area contributed by atoms with Gasteiger partial charge >= 0.3 is 5.97 Å². The van der Waals surface area contributed by atoms with E-state index in [2.05, 4.69) is 5.32 Å². The van der Waals surface area contributed by atoms with E-state index in [9.17, 15) is 9.59 Å². The van der Waals surface area contributed by atoms with E-state index < -0.39 is 17.8 Å². The predicted molar refractivity (Wildman–Crippen MR) is 65.0 cm³/mol. The summed E-state index contributed by atoms with van der Waals surface area (Å²) in [6.45, 7) is 0. The molecule has 0 spiro atoms. The Hall–Kier alpha value is -1.36. The Labute approximate surface area is 106 Å². The summed E-state index contributed by atoms with van der Waals surface area (Å²) >= 11 is 0. The van der Waals surface area contributed by atoms with Crippen LogP contribution in [-0.2, 0) is 14.3 Å². The number of ether oxygens (including phenoxy) is 1. The molecule has 100 valence electrons. The van der Waals surface area contributed by atoms with Gasteiger partial charge < -0.3 is 15.2 Å². The minimum absolute atomic E-state index is 0.133. The molecule has 2 atom stereocenters. The summed E-state index contributed by atoms with van der Waals surface area (Å²) < 4.78 is 5.15. The second kappa shape index (κ2) is 5.52. The fraction of sp³-hybridized carbons (Fsp3) is 0.692. The molecule has 2 N–H and O–H groups in total. The van der Waals surface area contributed by atoms with E-state index in [1.807, 2.05) is 12.2 Å². The Bertz CT molecular complexity index is 360. The number of carboxylic acids is 1. The van der Waals surface area contributed by atoms with Crippen LogP contribution in [0.15, 0.2) is 12.2 Å². The number of allylic oxidation sites excluding steroid dienone is 2. The Kier molecular flexibility index (Phi) is 4.01. The first-order valence-corrected chi connectivity index (χ1v) is 6.32. The number of rotatable bonds is 4. The van der Waals surface area contributed by atoms with Gasteiger partial charge in [0.1, 0.15) is 0 Å². The largest absolute Gasteiger partial charge is 0.481 e. The van der Waals surface area contributed by atoms with E-state index >= 15 is 0 Å². The molecule has 5 nitrogen and oxygen atoms in total. The maximum Gasteiger partial charge on any atom is 0.307 e. The lowest BCUT2D eigenvalue weighted by atomic mass is 9.81. The molecular formula is C13H19NO4. The number of hydrogen-bond acceptors (Lipinski definition) is 3. The van der Waals surface area contributed by atoms with Crippen molar-refractivity contribution in [3.63, 3.8) is 0 Å². The lowest BCUT2D eigenvalue weighted by Crippen LogP contribution is -2.50. The molecule has 2 aliphatic carbocycles. The van der Waals surface area contributed by atoms with E-state index in [1.54, 1.807) is 7.11 Å². The summed E-state index contributed by atoms with van der Waals surface area (Å²) in [5.41, 5.74) is 0. The van der Waals surface area contributed by atoms with Crippen LogP contribution in [0.4, 0.5) is 0 Å². The van der Waals surface area contributed by atoms with Gasteiger partial charge in [-0.15, -0.1) is 0 Å². The van der Waals surface area contributed by atoms with Crippen molar-refractivity contribution >= 4 is 11.9 Å². The van der Waals surface area contributed by atoms with E-state index in [0.717, 1.165) is 12.8 Å². The highest BCUT2D eigenvalue weighted by molar-refractivity contribution is 5.85. The highest BCUT2D eigenvalue weighted by Crippen LogP contribution is 2.28. The molecule has 0 radical (unpaired) electrons. The molecule has 1 fully saturated rings. The molecule has 0 aliphatic heterocycles. The Morgan fingerprint density at radius 1 is 1.22 bits per heavy atom. The van der Waals surface area contributed by atoms with Gasteiger partial charge in [-0.25, -0.2) is 0 Å². The monoisotopic (exact) mass is 253 g/mol. The fourth-order valence-electron chi connectivity index (χ4n) is 2.56. The zero-order chi connectivity index (χ0) is 13.1. The fourth-order valence-corrected chi connectivity index (χ4v) is 2.56. The topological polar surface area (TPSA) is 75.6 Å². The summed E-state index contributed by atoms with van der Waals surface area (Å²) in [5.74, 6) is -2.04. The van der Waals surface area contributed by atoms with Crippen molar-refractivity contribution in [1.82, 2.24) is 5.32 Å². The van der Waals surface area contributed by atoms with Crippen LogP contribution in [0.5, 0.6) is 0 Å². The number of hydrogen-bond donors (Lipinski definition) is 2. The molecule has 1 saturated carbocycles. The molecule has 0 aromatic rings. The second-order valence-electron chi connectivity index (χ2n) is 5.03. The summed E-state index contributed by atoms with van der Waals surface area (Å²) in [5, 5.41) is 12.0. The summed E-state index contributed by atoms with van der Waals surface area (Å²) in [6, 6.07) is 0.141. The van der Waals surface area contributed by atoms with Crippen molar-refractivity contribution in [2.24, 2.45) is 11.8 Å². The Morgan fingerprint density at radius 3 is 2.39 bits per heavy atom. The predicted octanol–water partition coefficient (Wildman–Crippen LogP) is 0.947. The van der Waals surface area contributed by atoms with Crippen molar-refractivity contribution in [1.29, 1.82) is 0 Å². The van der Waals surface area contributed by atoms with Gasteiger partial charge in [0.2, 0.25) is 5.91 Å². The quantitative estimate of drug-likeness (QED) is 0.731. The molecular weight excluding hydrogens is 234 g/mol. The molecule has 0 aromatic carbocycles. The molecule has 5 heteroatoms. The van der Waals surface area contributed by atoms with Crippen molar-refractivity contribution in [2.75, 3.05) is 7.11 Å². The van der Waals surface area contributed by atoms with Crippen LogP contribution in [0.2, 0.25) is 0 Å². The molecule has 0 aromatic heterocycles. The minimum atomic E-state index is -0.886. The third kappa shape index (κ3) is 2.72. The second-order valence-corrected chi connectivity index (χ2v) is 5.03. The molecule has 2 aliphatic rings. The molecule has 0 saturated heterocycles. The van der Waals surface area contributed by atoms with Crippen LogP contribution >= 0.6 is 0 Å². The highest BCUT2D eigenvalue weighted by Gasteiger charge is 2.37. The van der Waals surface area contributed by atoms with E-state index in [4.69, 9.17) is 9.84 Å². The SMILES string of the molecule is COC1CC(NC(=O)[C@@H]2CC=CC[C@@H]2C(=O)O)C1. The maximum absolute atomic E-state index is 12.1. The van der Waals surface area contributed by atoms with Gasteiger partial charge in [0, 0.05) is 13.2 Å². The van der Waals surface area contributed by atoms with Crippen LogP contribution < -0.4 is 5.32 Å². The van der Waals surface area contributed by atoms with E-state index in [-0.39, 0.29) is 18.1 Å². The first-order chi connectivity index (χ1) is 8.61. The molecule has 18 heavy (non-hydrogen) atoms. The zero-order valence-corrected chi connectivity index (χ0v) is 10.5. The Morgan fingerprint density at radius 2 is 1.83 bits per heavy atom. The molecule has 1 amide bonds. The summed E-state index contributed by atoms with van der Waals surface area (Å²) in [6.07, 6.45) is 6.57. The van der Waals surface area contributed by atoms with Gasteiger partial charge in [-0.2, -0.15) is 0 Å². The number of methoxy groups -OCH3 is 1. The average molecular weight is 253 g/mol. The first kappa shape index (κ1) is 13.1. The third-order valence-electron chi connectivity index (χ3n) is 3.86. The number of nitrogens with one attached hydrogen (secondary N) is 1. The number of aliphatic carboxylic acids is 1. The minimum Gasteiger partial charge on any atom is -0.481 e. The lowest BCUT2D eigenvalue weighted by Gasteiger charge is -2.36. The normalized spacial score (nSPS) is 34.7. The van der Waals surface area contributed by atoms with E-state index in [0.29, 0.717) is 12.8 Å². The van der Waals surface area contributed by atoms with Gasteiger partial charge in [0.05, 0.1) is 17.9 Å². The van der Waals surface area contributed by atoms with Crippen LogP contribution in [0.1, 0.15) is 25.7 Å². The Balaban J connectivity index is 1.88. The van der Waals surface area contributed by atoms with Gasteiger partial charge in [0.25, 0.3) is 0 Å². The molecule has 0 heterocycles. The zero-order valence-electron chi connectivity index (χ0n) is 10.5. The molecule has 2 rings (SSSR count). The van der Waals surface area contributed by atoms with Crippen molar-refractivity contribution in [2.45, 2.75) is 37.8 Å². The maximum atomic E-state index is 12.1. The van der Waals surface area contributed by atoms with Crippen LogP contribution in [-0.4, -0.2) is 36.2 Å².